The molecule has 3 aromatic carbocycles. The normalized spacial score (nSPS) is 10.4. The number of amides is 1. The second kappa shape index (κ2) is 7.09. The Morgan fingerprint density at radius 3 is 2.08 bits per heavy atom. The molecule has 0 heterocycles. The number of anilines is 1. The Hall–Kier alpha value is -3.28. The van der Waals surface area contributed by atoms with Crippen LogP contribution < -0.4 is 10.1 Å². The molecule has 0 aliphatic carbocycles. The third kappa shape index (κ3) is 3.80. The maximum Gasteiger partial charge on any atom is 0.255 e. The van der Waals surface area contributed by atoms with Crippen LogP contribution in [0.1, 0.15) is 10.4 Å². The molecule has 0 saturated carbocycles. The zero-order valence-corrected chi connectivity index (χ0v) is 12.8. The first-order valence-electron chi connectivity index (χ1n) is 7.32. The molecule has 3 nitrogen and oxygen atoms in total. The van der Waals surface area contributed by atoms with Crippen LogP contribution in [0.25, 0.3) is 0 Å². The molecule has 0 aliphatic rings. The standard InChI is InChI=1S/C19H12F3NO2/c20-15-10-11-16(18(22)17(15)21)23-19(24)12-6-8-14(9-7-12)25-13-4-2-1-3-5-13/h1-11H,(H,23,24). The van der Waals surface area contributed by atoms with E-state index in [9.17, 15) is 18.0 Å². The van der Waals surface area contributed by atoms with Crippen molar-refractivity contribution in [2.24, 2.45) is 0 Å². The molecule has 25 heavy (non-hydrogen) atoms. The van der Waals surface area contributed by atoms with Crippen LogP contribution in [0.3, 0.4) is 0 Å². The summed E-state index contributed by atoms with van der Waals surface area (Å²) < 4.78 is 45.3. The number of benzene rings is 3. The number of para-hydroxylation sites is 1. The van der Waals surface area contributed by atoms with E-state index in [-0.39, 0.29) is 5.56 Å². The van der Waals surface area contributed by atoms with Crippen LogP contribution in [0.15, 0.2) is 66.7 Å². The predicted octanol–water partition coefficient (Wildman–Crippen LogP) is 5.15. The smallest absolute Gasteiger partial charge is 0.255 e. The van der Waals surface area contributed by atoms with Crippen LogP contribution in [0.4, 0.5) is 18.9 Å². The third-order valence-corrected chi connectivity index (χ3v) is 3.38. The zero-order chi connectivity index (χ0) is 17.8. The number of hydrogen-bond donors (Lipinski definition) is 1. The van der Waals surface area contributed by atoms with Crippen molar-refractivity contribution in [3.63, 3.8) is 0 Å². The van der Waals surface area contributed by atoms with Crippen LogP contribution in [-0.4, -0.2) is 5.91 Å². The summed E-state index contributed by atoms with van der Waals surface area (Å²) in [6, 6.07) is 16.9. The van der Waals surface area contributed by atoms with Crippen LogP contribution in [-0.2, 0) is 0 Å². The van der Waals surface area contributed by atoms with Crippen LogP contribution in [0.5, 0.6) is 11.5 Å². The van der Waals surface area contributed by atoms with Crippen LogP contribution in [0, 0.1) is 17.5 Å². The van der Waals surface area contributed by atoms with Gasteiger partial charge in [0.2, 0.25) is 0 Å². The van der Waals surface area contributed by atoms with Gasteiger partial charge in [0.1, 0.15) is 11.5 Å². The molecule has 6 heteroatoms. The monoisotopic (exact) mass is 343 g/mol. The Labute approximate surface area is 141 Å². The fourth-order valence-electron chi connectivity index (χ4n) is 2.12. The van der Waals surface area contributed by atoms with Gasteiger partial charge in [0.15, 0.2) is 17.5 Å². The molecule has 1 amide bonds. The summed E-state index contributed by atoms with van der Waals surface area (Å²) in [6.07, 6.45) is 0. The molecule has 3 rings (SSSR count). The Bertz CT molecular complexity index is 897. The third-order valence-electron chi connectivity index (χ3n) is 3.38. The fraction of sp³-hybridized carbons (Fsp3) is 0. The molecule has 0 radical (unpaired) electrons. The average molecular weight is 343 g/mol. The molecular weight excluding hydrogens is 331 g/mol. The lowest BCUT2D eigenvalue weighted by Gasteiger charge is -2.09. The zero-order valence-electron chi connectivity index (χ0n) is 12.8. The number of halogens is 3. The van der Waals surface area contributed by atoms with Gasteiger partial charge in [-0.25, -0.2) is 13.2 Å². The van der Waals surface area contributed by atoms with E-state index in [0.29, 0.717) is 11.5 Å². The van der Waals surface area contributed by atoms with Crippen molar-refractivity contribution in [1.82, 2.24) is 0 Å². The van der Waals surface area contributed by atoms with E-state index >= 15 is 0 Å². The summed E-state index contributed by atoms with van der Waals surface area (Å²) in [5, 5.41) is 2.20. The topological polar surface area (TPSA) is 38.3 Å². The van der Waals surface area contributed by atoms with Crippen molar-refractivity contribution in [2.75, 3.05) is 5.32 Å². The van der Waals surface area contributed by atoms with Gasteiger partial charge in [0.05, 0.1) is 5.69 Å². The summed E-state index contributed by atoms with van der Waals surface area (Å²) in [5.41, 5.74) is -0.224. The summed E-state index contributed by atoms with van der Waals surface area (Å²) in [6.45, 7) is 0. The van der Waals surface area contributed by atoms with Crippen LogP contribution >= 0.6 is 0 Å². The Morgan fingerprint density at radius 1 is 0.760 bits per heavy atom. The lowest BCUT2D eigenvalue weighted by Crippen LogP contribution is -2.13. The molecule has 0 aromatic heterocycles. The molecule has 0 bridgehead atoms. The molecule has 0 atom stereocenters. The number of carbonyl (C=O) groups is 1. The predicted molar refractivity (Wildman–Crippen MR) is 87.2 cm³/mol. The largest absolute Gasteiger partial charge is 0.457 e. The van der Waals surface area contributed by atoms with E-state index in [2.05, 4.69) is 5.32 Å². The second-order valence-corrected chi connectivity index (χ2v) is 5.12. The minimum absolute atomic E-state index is 0.213. The first-order chi connectivity index (χ1) is 12.0. The lowest BCUT2D eigenvalue weighted by atomic mass is 10.2. The Balaban J connectivity index is 1.72. The van der Waals surface area contributed by atoms with Crippen molar-refractivity contribution in [3.05, 3.63) is 89.7 Å². The molecule has 3 aromatic rings. The number of rotatable bonds is 4. The molecular formula is C19H12F3NO2. The van der Waals surface area contributed by atoms with E-state index in [1.807, 2.05) is 18.2 Å². The number of hydrogen-bond acceptors (Lipinski definition) is 2. The van der Waals surface area contributed by atoms with Gasteiger partial charge in [-0.1, -0.05) is 18.2 Å². The van der Waals surface area contributed by atoms with Gasteiger partial charge in [0, 0.05) is 5.56 Å². The Morgan fingerprint density at radius 2 is 1.40 bits per heavy atom. The lowest BCUT2D eigenvalue weighted by molar-refractivity contribution is 0.102. The molecule has 1 N–H and O–H groups in total. The Kier molecular flexibility index (Phi) is 4.70. The van der Waals surface area contributed by atoms with Crippen LogP contribution in [0.2, 0.25) is 0 Å². The van der Waals surface area contributed by atoms with Crippen molar-refractivity contribution < 1.29 is 22.7 Å². The fourth-order valence-corrected chi connectivity index (χ4v) is 2.12. The highest BCUT2D eigenvalue weighted by molar-refractivity contribution is 6.04. The summed E-state index contributed by atoms with van der Waals surface area (Å²) >= 11 is 0. The van der Waals surface area contributed by atoms with Crippen molar-refractivity contribution in [1.29, 1.82) is 0 Å². The first-order valence-corrected chi connectivity index (χ1v) is 7.32. The van der Waals surface area contributed by atoms with Gasteiger partial charge >= 0.3 is 0 Å². The quantitative estimate of drug-likeness (QED) is 0.666. The maximum absolute atomic E-state index is 13.6. The molecule has 0 unspecified atom stereocenters. The van der Waals surface area contributed by atoms with Gasteiger partial charge < -0.3 is 10.1 Å². The molecule has 0 spiro atoms. The van der Waals surface area contributed by atoms with E-state index in [4.69, 9.17) is 4.74 Å². The maximum atomic E-state index is 13.6. The SMILES string of the molecule is O=C(Nc1ccc(F)c(F)c1F)c1ccc(Oc2ccccc2)cc1. The van der Waals surface area contributed by atoms with Gasteiger partial charge in [-0.2, -0.15) is 0 Å². The van der Waals surface area contributed by atoms with Gasteiger partial charge in [0.25, 0.3) is 5.91 Å². The highest BCUT2D eigenvalue weighted by Crippen LogP contribution is 2.23. The first kappa shape index (κ1) is 16.6. The van der Waals surface area contributed by atoms with E-state index < -0.39 is 29.0 Å². The number of carbonyl (C=O) groups excluding carboxylic acids is 1. The van der Waals surface area contributed by atoms with Crippen molar-refractivity contribution in [3.8, 4) is 11.5 Å². The molecule has 0 fully saturated rings. The number of ether oxygens (including phenoxy) is 1. The second-order valence-electron chi connectivity index (χ2n) is 5.12. The summed E-state index contributed by atoms with van der Waals surface area (Å²) in [7, 11) is 0. The average Bonchev–Trinajstić information content (AvgIpc) is 2.63. The van der Waals surface area contributed by atoms with Gasteiger partial charge in [-0.05, 0) is 48.5 Å². The van der Waals surface area contributed by atoms with E-state index in [1.54, 1.807) is 24.3 Å². The van der Waals surface area contributed by atoms with E-state index in [1.165, 1.54) is 12.1 Å². The molecule has 0 aliphatic heterocycles. The summed E-state index contributed by atoms with van der Waals surface area (Å²) in [5.74, 6) is -3.90. The van der Waals surface area contributed by atoms with Crippen molar-refractivity contribution in [2.45, 2.75) is 0 Å². The van der Waals surface area contributed by atoms with E-state index in [0.717, 1.165) is 12.1 Å². The van der Waals surface area contributed by atoms with Gasteiger partial charge in [-0.3, -0.25) is 4.79 Å². The minimum Gasteiger partial charge on any atom is -0.457 e. The number of nitrogens with one attached hydrogen (secondary N) is 1. The highest BCUT2D eigenvalue weighted by atomic mass is 19.2. The van der Waals surface area contributed by atoms with Crippen molar-refractivity contribution >= 4 is 11.6 Å². The molecule has 0 saturated heterocycles. The highest BCUT2D eigenvalue weighted by Gasteiger charge is 2.16. The summed E-state index contributed by atoms with van der Waals surface area (Å²) in [4.78, 5) is 12.1. The van der Waals surface area contributed by atoms with Gasteiger partial charge in [-0.15, -0.1) is 0 Å². The minimum atomic E-state index is -1.63. The molecule has 126 valence electrons.